The van der Waals surface area contributed by atoms with E-state index < -0.39 is 0 Å². The first-order chi connectivity index (χ1) is 5.72. The normalized spacial score (nSPS) is 13.5. The molecule has 0 aliphatic rings. The summed E-state index contributed by atoms with van der Waals surface area (Å²) < 4.78 is 0. The van der Waals surface area contributed by atoms with E-state index in [1.54, 1.807) is 12.4 Å². The summed E-state index contributed by atoms with van der Waals surface area (Å²) in [7, 11) is 0. The Labute approximate surface area is 74.4 Å². The Morgan fingerprint density at radius 2 is 2.00 bits per heavy atom. The molecule has 0 radical (unpaired) electrons. The third-order valence-corrected chi connectivity index (χ3v) is 1.41. The second-order valence-electron chi connectivity index (χ2n) is 2.66. The van der Waals surface area contributed by atoms with E-state index in [2.05, 4.69) is 30.4 Å². The zero-order chi connectivity index (χ0) is 9.40. The number of allylic oxidation sites excluding steroid dienone is 2. The Bertz CT molecular complexity index is 210. The summed E-state index contributed by atoms with van der Waals surface area (Å²) in [6.45, 7) is 9.76. The molecule has 0 fully saturated rings. The molecule has 2 heteroatoms. The van der Waals surface area contributed by atoms with Gasteiger partial charge in [0, 0.05) is 12.4 Å². The fourth-order valence-electron chi connectivity index (χ4n) is 0.662. The Morgan fingerprint density at radius 3 is 2.42 bits per heavy atom. The van der Waals surface area contributed by atoms with Gasteiger partial charge in [-0.3, -0.25) is 0 Å². The van der Waals surface area contributed by atoms with Crippen molar-refractivity contribution in [2.24, 2.45) is 15.9 Å². The van der Waals surface area contributed by atoms with Crippen LogP contribution >= 0.6 is 0 Å². The van der Waals surface area contributed by atoms with E-state index in [0.29, 0.717) is 5.92 Å². The predicted octanol–water partition coefficient (Wildman–Crippen LogP) is 2.83. The largest absolute Gasteiger partial charge is 0.250 e. The highest BCUT2D eigenvalue weighted by Crippen LogP contribution is 2.09. The molecule has 2 nitrogen and oxygen atoms in total. The van der Waals surface area contributed by atoms with Crippen LogP contribution in [0.25, 0.3) is 0 Å². The lowest BCUT2D eigenvalue weighted by atomic mass is 10.1. The first kappa shape index (κ1) is 10.8. The van der Waals surface area contributed by atoms with Gasteiger partial charge in [0.2, 0.25) is 0 Å². The second kappa shape index (κ2) is 6.53. The smallest absolute Gasteiger partial charge is 0.114 e. The number of rotatable bonds is 4. The van der Waals surface area contributed by atoms with Gasteiger partial charge in [-0.2, -0.15) is 0 Å². The van der Waals surface area contributed by atoms with Crippen LogP contribution in [0.3, 0.4) is 0 Å². The minimum atomic E-state index is 0.463. The second-order valence-corrected chi connectivity index (χ2v) is 2.66. The maximum atomic E-state index is 4.00. The number of aliphatic imine (C=N–C) groups is 2. The van der Waals surface area contributed by atoms with Crippen molar-refractivity contribution >= 4 is 12.6 Å². The third-order valence-electron chi connectivity index (χ3n) is 1.41. The van der Waals surface area contributed by atoms with Crippen LogP contribution in [-0.2, 0) is 0 Å². The van der Waals surface area contributed by atoms with Gasteiger partial charge in [0.05, 0.1) is 0 Å². The molecule has 0 amide bonds. The van der Waals surface area contributed by atoms with E-state index in [1.165, 1.54) is 6.34 Å². The molecule has 66 valence electrons. The fraction of sp³-hybridized carbons (Fsp3) is 0.400. The Balaban J connectivity index is 4.20. The molecule has 0 bridgehead atoms. The van der Waals surface area contributed by atoms with E-state index >= 15 is 0 Å². The lowest BCUT2D eigenvalue weighted by Crippen LogP contribution is -1.88. The van der Waals surface area contributed by atoms with Gasteiger partial charge in [-0.15, -0.1) is 0 Å². The van der Waals surface area contributed by atoms with Gasteiger partial charge in [0.25, 0.3) is 0 Å². The topological polar surface area (TPSA) is 24.7 Å². The molecule has 0 aliphatic heterocycles. The van der Waals surface area contributed by atoms with Crippen molar-refractivity contribution in [3.8, 4) is 0 Å². The Hall–Kier alpha value is -1.18. The van der Waals surface area contributed by atoms with E-state index in [-0.39, 0.29) is 0 Å². The molecule has 0 aliphatic carbocycles. The monoisotopic (exact) mass is 164 g/mol. The van der Waals surface area contributed by atoms with Gasteiger partial charge in [0.15, 0.2) is 0 Å². The van der Waals surface area contributed by atoms with Crippen molar-refractivity contribution in [2.75, 3.05) is 0 Å². The van der Waals surface area contributed by atoms with Crippen molar-refractivity contribution in [3.05, 3.63) is 24.4 Å². The maximum Gasteiger partial charge on any atom is 0.114 e. The van der Waals surface area contributed by atoms with Crippen LogP contribution < -0.4 is 0 Å². The summed E-state index contributed by atoms with van der Waals surface area (Å²) in [6.07, 6.45) is 6.81. The van der Waals surface area contributed by atoms with Gasteiger partial charge in [-0.05, 0) is 18.4 Å². The van der Waals surface area contributed by atoms with Crippen LogP contribution in [-0.4, -0.2) is 12.6 Å². The molecule has 0 heterocycles. The van der Waals surface area contributed by atoms with E-state index in [1.807, 2.05) is 13.0 Å². The molecule has 0 aromatic heterocycles. The molecule has 0 saturated heterocycles. The first-order valence-electron chi connectivity index (χ1n) is 4.04. The average Bonchev–Trinajstić information content (AvgIpc) is 2.04. The average molecular weight is 164 g/mol. The van der Waals surface area contributed by atoms with E-state index in [0.717, 1.165) is 5.57 Å². The van der Waals surface area contributed by atoms with Gasteiger partial charge < -0.3 is 0 Å². The van der Waals surface area contributed by atoms with Crippen LogP contribution in [0.1, 0.15) is 20.8 Å². The molecule has 0 saturated carbocycles. The van der Waals surface area contributed by atoms with E-state index in [9.17, 15) is 0 Å². The number of nitrogens with zero attached hydrogens (tertiary/aromatic N) is 2. The standard InChI is InChI=1S/C10H16N2/c1-5-10(9(3)4)7-12-8-11-6-2/h5-9H,1H2,2-4H3/b10-7+,11-6?,12-8?. The van der Waals surface area contributed by atoms with Crippen molar-refractivity contribution in [1.82, 2.24) is 0 Å². The van der Waals surface area contributed by atoms with Crippen molar-refractivity contribution in [3.63, 3.8) is 0 Å². The summed E-state index contributed by atoms with van der Waals surface area (Å²) in [5, 5.41) is 0. The lowest BCUT2D eigenvalue weighted by molar-refractivity contribution is 0.789. The van der Waals surface area contributed by atoms with Crippen LogP contribution in [0.15, 0.2) is 34.4 Å². The highest BCUT2D eigenvalue weighted by atomic mass is 14.8. The lowest BCUT2D eigenvalue weighted by Gasteiger charge is -2.02. The zero-order valence-electron chi connectivity index (χ0n) is 7.99. The zero-order valence-corrected chi connectivity index (χ0v) is 7.99. The Kier molecular flexibility index (Phi) is 5.88. The Morgan fingerprint density at radius 1 is 1.33 bits per heavy atom. The molecule has 0 unspecified atom stereocenters. The van der Waals surface area contributed by atoms with Gasteiger partial charge in [-0.1, -0.05) is 26.5 Å². The molecule has 0 aromatic carbocycles. The van der Waals surface area contributed by atoms with E-state index in [4.69, 9.17) is 0 Å². The van der Waals surface area contributed by atoms with Crippen molar-refractivity contribution < 1.29 is 0 Å². The summed E-state index contributed by atoms with van der Waals surface area (Å²) in [4.78, 5) is 7.84. The molecule has 0 atom stereocenters. The summed E-state index contributed by atoms with van der Waals surface area (Å²) in [5.41, 5.74) is 1.12. The molecule has 0 aromatic rings. The van der Waals surface area contributed by atoms with Gasteiger partial charge in [-0.25, -0.2) is 9.98 Å². The van der Waals surface area contributed by atoms with Crippen LogP contribution in [0, 0.1) is 5.92 Å². The van der Waals surface area contributed by atoms with Crippen molar-refractivity contribution in [1.29, 1.82) is 0 Å². The van der Waals surface area contributed by atoms with Crippen LogP contribution in [0.5, 0.6) is 0 Å². The summed E-state index contributed by atoms with van der Waals surface area (Å²) in [5.74, 6) is 0.463. The summed E-state index contributed by atoms with van der Waals surface area (Å²) >= 11 is 0. The molecule has 0 spiro atoms. The third kappa shape index (κ3) is 4.61. The van der Waals surface area contributed by atoms with Crippen molar-refractivity contribution in [2.45, 2.75) is 20.8 Å². The predicted molar refractivity (Wildman–Crippen MR) is 55.8 cm³/mol. The highest BCUT2D eigenvalue weighted by Gasteiger charge is 1.95. The van der Waals surface area contributed by atoms with Gasteiger partial charge in [0.1, 0.15) is 6.34 Å². The fourth-order valence-corrected chi connectivity index (χ4v) is 0.662. The SMILES string of the molecule is C=C/C(=C\N=CN=CC)C(C)C. The number of hydrogen-bond acceptors (Lipinski definition) is 1. The minimum Gasteiger partial charge on any atom is -0.250 e. The van der Waals surface area contributed by atoms with Crippen LogP contribution in [0.2, 0.25) is 0 Å². The molecule has 12 heavy (non-hydrogen) atoms. The minimum absolute atomic E-state index is 0.463. The van der Waals surface area contributed by atoms with Gasteiger partial charge >= 0.3 is 0 Å². The molecular formula is C10H16N2. The van der Waals surface area contributed by atoms with Crippen LogP contribution in [0.4, 0.5) is 0 Å². The maximum absolute atomic E-state index is 4.00. The highest BCUT2D eigenvalue weighted by molar-refractivity contribution is 5.70. The molecule has 0 rings (SSSR count). The first-order valence-corrected chi connectivity index (χ1v) is 4.04. The number of hydrogen-bond donors (Lipinski definition) is 0. The quantitative estimate of drug-likeness (QED) is 0.347. The molecular weight excluding hydrogens is 148 g/mol. The molecule has 0 N–H and O–H groups in total. The summed E-state index contributed by atoms with van der Waals surface area (Å²) in [6, 6.07) is 0.